The predicted molar refractivity (Wildman–Crippen MR) is 127 cm³/mol. The average molecular weight is 460 g/mol. The highest BCUT2D eigenvalue weighted by Gasteiger charge is 2.34. The maximum absolute atomic E-state index is 5.48. The number of hydrogen-bond acceptors (Lipinski definition) is 8. The van der Waals surface area contributed by atoms with Crippen molar-refractivity contribution in [2.24, 2.45) is 0 Å². The number of fused-ring (bicyclic) bond motifs is 2. The molecule has 0 aliphatic heterocycles. The number of imidazole rings is 2. The molecule has 2 aliphatic carbocycles. The lowest BCUT2D eigenvalue weighted by molar-refractivity contribution is 0.00531. The van der Waals surface area contributed by atoms with Crippen molar-refractivity contribution >= 4 is 17.0 Å². The van der Waals surface area contributed by atoms with Crippen LogP contribution in [-0.4, -0.2) is 58.3 Å². The van der Waals surface area contributed by atoms with Crippen LogP contribution in [0.5, 0.6) is 0 Å². The molecule has 2 aliphatic rings. The Hall–Kier alpha value is -3.40. The lowest BCUT2D eigenvalue weighted by Gasteiger charge is -2.37. The molecule has 0 aromatic carbocycles. The molecule has 1 saturated carbocycles. The molecule has 176 valence electrons. The number of nitrogens with zero attached hydrogens (tertiary/aromatic N) is 8. The monoisotopic (exact) mass is 459 g/mol. The number of anilines is 1. The van der Waals surface area contributed by atoms with E-state index in [2.05, 4.69) is 41.3 Å². The third-order valence-corrected chi connectivity index (χ3v) is 7.18. The van der Waals surface area contributed by atoms with Crippen molar-refractivity contribution in [3.8, 4) is 11.4 Å². The zero-order valence-corrected chi connectivity index (χ0v) is 19.8. The molecule has 0 amide bonds. The molecule has 10 nitrogen and oxygen atoms in total. The second kappa shape index (κ2) is 8.43. The predicted octanol–water partition coefficient (Wildman–Crippen LogP) is 3.13. The van der Waals surface area contributed by atoms with Crippen LogP contribution >= 0.6 is 0 Å². The summed E-state index contributed by atoms with van der Waals surface area (Å²) in [6.45, 7) is 4.71. The standard InChI is InChI=1S/C24H29N9O/c1-4-32-23(15-10-25-14(2)26-11-15)31-21-22(27-12-28-24(21)32)30-16-5-6-19-20(7-16)33(13-29-19)17-8-18(9-17)34-3/h10-13,16-18H,4-9H2,1-3H3,(H,27,28,30). The quantitative estimate of drug-likeness (QED) is 0.468. The molecule has 0 bridgehead atoms. The molecule has 0 saturated heterocycles. The number of methoxy groups -OCH3 is 1. The minimum absolute atomic E-state index is 0.261. The van der Waals surface area contributed by atoms with E-state index in [0.29, 0.717) is 12.1 Å². The largest absolute Gasteiger partial charge is 0.381 e. The molecule has 1 atom stereocenters. The minimum atomic E-state index is 0.261. The fourth-order valence-electron chi connectivity index (χ4n) is 5.16. The first-order valence-corrected chi connectivity index (χ1v) is 12.0. The zero-order chi connectivity index (χ0) is 23.2. The van der Waals surface area contributed by atoms with E-state index in [1.807, 2.05) is 25.6 Å². The van der Waals surface area contributed by atoms with Gasteiger partial charge in [-0.25, -0.2) is 29.9 Å². The maximum Gasteiger partial charge on any atom is 0.165 e. The molecule has 4 heterocycles. The Bertz CT molecular complexity index is 1320. The van der Waals surface area contributed by atoms with Gasteiger partial charge in [0.2, 0.25) is 0 Å². The normalized spacial score (nSPS) is 21.9. The summed E-state index contributed by atoms with van der Waals surface area (Å²) in [4.78, 5) is 27.5. The summed E-state index contributed by atoms with van der Waals surface area (Å²) in [6, 6.07) is 0.752. The average Bonchev–Trinajstić information content (AvgIpc) is 3.41. The molecule has 34 heavy (non-hydrogen) atoms. The minimum Gasteiger partial charge on any atom is -0.381 e. The van der Waals surface area contributed by atoms with Crippen LogP contribution in [-0.2, 0) is 24.1 Å². The number of hydrogen-bond donors (Lipinski definition) is 1. The number of aromatic nitrogens is 8. The highest BCUT2D eigenvalue weighted by molar-refractivity contribution is 5.86. The van der Waals surface area contributed by atoms with Gasteiger partial charge in [-0.15, -0.1) is 0 Å². The summed E-state index contributed by atoms with van der Waals surface area (Å²) in [5, 5.41) is 3.68. The van der Waals surface area contributed by atoms with Crippen LogP contribution in [0.1, 0.15) is 49.4 Å². The van der Waals surface area contributed by atoms with Crippen molar-refractivity contribution < 1.29 is 4.74 Å². The van der Waals surface area contributed by atoms with E-state index in [9.17, 15) is 0 Å². The summed E-state index contributed by atoms with van der Waals surface area (Å²) in [6.07, 6.45) is 12.6. The summed E-state index contributed by atoms with van der Waals surface area (Å²) < 4.78 is 9.94. The smallest absolute Gasteiger partial charge is 0.165 e. The van der Waals surface area contributed by atoms with E-state index in [0.717, 1.165) is 72.8 Å². The second-order valence-corrected chi connectivity index (χ2v) is 9.21. The lowest BCUT2D eigenvalue weighted by Crippen LogP contribution is -2.35. The number of aryl methyl sites for hydroxylation is 3. The van der Waals surface area contributed by atoms with Crippen molar-refractivity contribution in [1.82, 2.24) is 39.0 Å². The van der Waals surface area contributed by atoms with E-state index in [1.165, 1.54) is 11.4 Å². The van der Waals surface area contributed by atoms with Crippen LogP contribution in [0.15, 0.2) is 25.0 Å². The molecular formula is C24H29N9O. The van der Waals surface area contributed by atoms with Gasteiger partial charge in [0.05, 0.1) is 23.7 Å². The van der Waals surface area contributed by atoms with Gasteiger partial charge in [-0.05, 0) is 39.5 Å². The Morgan fingerprint density at radius 1 is 1.12 bits per heavy atom. The van der Waals surface area contributed by atoms with Crippen LogP contribution in [0.25, 0.3) is 22.6 Å². The van der Waals surface area contributed by atoms with E-state index >= 15 is 0 Å². The third kappa shape index (κ3) is 3.53. The molecule has 4 aromatic rings. The van der Waals surface area contributed by atoms with Crippen LogP contribution in [0.3, 0.4) is 0 Å². The molecule has 0 radical (unpaired) electrons. The fraction of sp³-hybridized carbons (Fsp3) is 0.500. The van der Waals surface area contributed by atoms with Gasteiger partial charge in [0.1, 0.15) is 18.0 Å². The van der Waals surface area contributed by atoms with E-state index in [-0.39, 0.29) is 6.04 Å². The van der Waals surface area contributed by atoms with Crippen molar-refractivity contribution in [2.45, 2.75) is 70.7 Å². The highest BCUT2D eigenvalue weighted by Crippen LogP contribution is 2.37. The Morgan fingerprint density at radius 3 is 2.71 bits per heavy atom. The van der Waals surface area contributed by atoms with Gasteiger partial charge in [-0.1, -0.05) is 0 Å². The topological polar surface area (TPSA) is 108 Å². The van der Waals surface area contributed by atoms with Crippen molar-refractivity contribution in [1.29, 1.82) is 0 Å². The van der Waals surface area contributed by atoms with Crippen molar-refractivity contribution in [3.05, 3.63) is 42.3 Å². The first kappa shape index (κ1) is 21.2. The third-order valence-electron chi connectivity index (χ3n) is 7.18. The maximum atomic E-state index is 5.48. The van der Waals surface area contributed by atoms with E-state index < -0.39 is 0 Å². The molecule has 0 spiro atoms. The van der Waals surface area contributed by atoms with Crippen LogP contribution in [0.2, 0.25) is 0 Å². The van der Waals surface area contributed by atoms with Crippen LogP contribution in [0.4, 0.5) is 5.82 Å². The first-order valence-electron chi connectivity index (χ1n) is 12.0. The molecule has 10 heteroatoms. The second-order valence-electron chi connectivity index (χ2n) is 9.21. The Balaban J connectivity index is 1.28. The number of nitrogens with one attached hydrogen (secondary N) is 1. The number of ether oxygens (including phenoxy) is 1. The van der Waals surface area contributed by atoms with E-state index in [4.69, 9.17) is 14.7 Å². The van der Waals surface area contributed by atoms with E-state index in [1.54, 1.807) is 13.4 Å². The highest BCUT2D eigenvalue weighted by atomic mass is 16.5. The molecule has 1 N–H and O–H groups in total. The SMILES string of the molecule is CCn1c(-c2cnc(C)nc2)nc2c(NC3CCc4ncn(C5CC(OC)C5)c4C3)ncnc21. The summed E-state index contributed by atoms with van der Waals surface area (Å²) in [5.74, 6) is 2.32. The molecule has 1 unspecified atom stereocenters. The summed E-state index contributed by atoms with van der Waals surface area (Å²) in [7, 11) is 1.80. The molecule has 4 aromatic heterocycles. The number of rotatable bonds is 6. The Kier molecular flexibility index (Phi) is 5.24. The van der Waals surface area contributed by atoms with Crippen molar-refractivity contribution in [2.75, 3.05) is 12.4 Å². The fourth-order valence-corrected chi connectivity index (χ4v) is 5.16. The van der Waals surface area contributed by atoms with Gasteiger partial charge < -0.3 is 19.2 Å². The van der Waals surface area contributed by atoms with Gasteiger partial charge >= 0.3 is 0 Å². The molecular weight excluding hydrogens is 430 g/mol. The van der Waals surface area contributed by atoms with Gasteiger partial charge in [-0.3, -0.25) is 0 Å². The van der Waals surface area contributed by atoms with Crippen LogP contribution < -0.4 is 5.32 Å². The summed E-state index contributed by atoms with van der Waals surface area (Å²) in [5.41, 5.74) is 5.03. The van der Waals surface area contributed by atoms with Gasteiger partial charge in [0.15, 0.2) is 17.0 Å². The lowest BCUT2D eigenvalue weighted by atomic mass is 9.87. The summed E-state index contributed by atoms with van der Waals surface area (Å²) >= 11 is 0. The van der Waals surface area contributed by atoms with Gasteiger partial charge in [0, 0.05) is 50.2 Å². The molecule has 6 rings (SSSR count). The Morgan fingerprint density at radius 2 is 1.94 bits per heavy atom. The Labute approximate surface area is 197 Å². The van der Waals surface area contributed by atoms with Gasteiger partial charge in [0.25, 0.3) is 0 Å². The van der Waals surface area contributed by atoms with Crippen molar-refractivity contribution in [3.63, 3.8) is 0 Å². The van der Waals surface area contributed by atoms with Gasteiger partial charge in [-0.2, -0.15) is 0 Å². The zero-order valence-electron chi connectivity index (χ0n) is 19.8. The molecule has 1 fully saturated rings. The van der Waals surface area contributed by atoms with Crippen LogP contribution in [0, 0.1) is 6.92 Å². The first-order chi connectivity index (χ1) is 16.6.